The first kappa shape index (κ1) is 20.7. The van der Waals surface area contributed by atoms with Crippen LogP contribution in [-0.4, -0.2) is 43.5 Å². The first-order valence-corrected chi connectivity index (χ1v) is 9.91. The van der Waals surface area contributed by atoms with E-state index in [0.717, 1.165) is 19.5 Å². The Balaban J connectivity index is 1.53. The number of hydrogen-bond donors (Lipinski definition) is 1. The summed E-state index contributed by atoms with van der Waals surface area (Å²) in [6, 6.07) is 14.0. The molecule has 0 aromatic heterocycles. The van der Waals surface area contributed by atoms with Gasteiger partial charge in [-0.15, -0.1) is 0 Å². The first-order chi connectivity index (χ1) is 14.0. The maximum absolute atomic E-state index is 12.4. The summed E-state index contributed by atoms with van der Waals surface area (Å²) in [5.41, 5.74) is 1.10. The molecule has 6 nitrogen and oxygen atoms in total. The Morgan fingerprint density at radius 3 is 2.34 bits per heavy atom. The van der Waals surface area contributed by atoms with Gasteiger partial charge in [-0.3, -0.25) is 9.59 Å². The molecule has 3 rings (SSSR count). The van der Waals surface area contributed by atoms with Crippen molar-refractivity contribution in [1.82, 2.24) is 4.90 Å². The maximum atomic E-state index is 12.4. The summed E-state index contributed by atoms with van der Waals surface area (Å²) in [6.07, 6.45) is 1.16. The van der Waals surface area contributed by atoms with Crippen LogP contribution in [0, 0.1) is 11.8 Å². The third-order valence-corrected chi connectivity index (χ3v) is 5.05. The number of carbonyl (C=O) groups excluding carboxylic acids is 2. The molecule has 0 unspecified atom stereocenters. The number of nitrogens with zero attached hydrogens (tertiary/aromatic N) is 1. The standard InChI is InChI=1S/C23H28N2O4/c1-16-12-17(2)14-25(13-16)22(26)15-29-19-10-8-18(9-11-19)24-23(27)20-6-4-5-7-21(20)28-3/h4-11,16-17H,12-15H2,1-3H3,(H,24,27)/t16-,17-/m1/s1. The van der Waals surface area contributed by atoms with Crippen LogP contribution in [0.2, 0.25) is 0 Å². The highest BCUT2D eigenvalue weighted by atomic mass is 16.5. The van der Waals surface area contributed by atoms with Crippen LogP contribution in [0.4, 0.5) is 5.69 Å². The quantitative estimate of drug-likeness (QED) is 0.806. The van der Waals surface area contributed by atoms with Crippen LogP contribution >= 0.6 is 0 Å². The fourth-order valence-corrected chi connectivity index (χ4v) is 3.77. The molecule has 0 spiro atoms. The highest BCUT2D eigenvalue weighted by Gasteiger charge is 2.25. The number of amides is 2. The van der Waals surface area contributed by atoms with Gasteiger partial charge in [-0.05, 0) is 54.7 Å². The Labute approximate surface area is 171 Å². The minimum atomic E-state index is -0.250. The maximum Gasteiger partial charge on any atom is 0.260 e. The van der Waals surface area contributed by atoms with Gasteiger partial charge in [0.05, 0.1) is 12.7 Å². The van der Waals surface area contributed by atoms with E-state index in [0.29, 0.717) is 34.6 Å². The van der Waals surface area contributed by atoms with Gasteiger partial charge < -0.3 is 19.7 Å². The molecule has 6 heteroatoms. The molecule has 2 aromatic rings. The minimum absolute atomic E-state index is 0.0111. The summed E-state index contributed by atoms with van der Waals surface area (Å²) in [4.78, 5) is 26.8. The summed E-state index contributed by atoms with van der Waals surface area (Å²) in [7, 11) is 1.53. The van der Waals surface area contributed by atoms with Gasteiger partial charge in [-0.25, -0.2) is 0 Å². The van der Waals surface area contributed by atoms with Crippen molar-refractivity contribution in [3.8, 4) is 11.5 Å². The number of benzene rings is 2. The van der Waals surface area contributed by atoms with Crippen LogP contribution in [0.15, 0.2) is 48.5 Å². The molecule has 1 saturated heterocycles. The summed E-state index contributed by atoms with van der Waals surface area (Å²) < 4.78 is 10.9. The van der Waals surface area contributed by atoms with Crippen LogP contribution in [0.1, 0.15) is 30.6 Å². The van der Waals surface area contributed by atoms with Crippen molar-refractivity contribution in [1.29, 1.82) is 0 Å². The molecule has 2 amide bonds. The molecule has 0 aliphatic carbocycles. The Morgan fingerprint density at radius 2 is 1.69 bits per heavy atom. The Morgan fingerprint density at radius 1 is 1.03 bits per heavy atom. The van der Waals surface area contributed by atoms with Crippen LogP contribution in [0.5, 0.6) is 11.5 Å². The van der Waals surface area contributed by atoms with Gasteiger partial charge in [0.1, 0.15) is 11.5 Å². The molecule has 0 bridgehead atoms. The number of nitrogens with one attached hydrogen (secondary N) is 1. The second-order valence-corrected chi connectivity index (χ2v) is 7.71. The molecule has 0 radical (unpaired) electrons. The van der Waals surface area contributed by atoms with E-state index in [1.807, 2.05) is 11.0 Å². The molecule has 1 heterocycles. The number of ether oxygens (including phenoxy) is 2. The van der Waals surface area contributed by atoms with Gasteiger partial charge in [0.15, 0.2) is 6.61 Å². The Kier molecular flexibility index (Phi) is 6.75. The molecular formula is C23H28N2O4. The van der Waals surface area contributed by atoms with Crippen molar-refractivity contribution in [3.63, 3.8) is 0 Å². The summed E-state index contributed by atoms with van der Waals surface area (Å²) in [5.74, 6) is 1.91. The van der Waals surface area contributed by atoms with Crippen molar-refractivity contribution >= 4 is 17.5 Å². The normalized spacial score (nSPS) is 18.8. The van der Waals surface area contributed by atoms with Crippen molar-refractivity contribution < 1.29 is 19.1 Å². The average molecular weight is 396 g/mol. The predicted octanol–water partition coefficient (Wildman–Crippen LogP) is 3.83. The number of hydrogen-bond acceptors (Lipinski definition) is 4. The number of anilines is 1. The fourth-order valence-electron chi connectivity index (χ4n) is 3.77. The highest BCUT2D eigenvalue weighted by Crippen LogP contribution is 2.22. The molecule has 29 heavy (non-hydrogen) atoms. The van der Waals surface area contributed by atoms with E-state index in [9.17, 15) is 9.59 Å². The van der Waals surface area contributed by atoms with Crippen molar-refractivity contribution in [2.75, 3.05) is 32.1 Å². The number of carbonyl (C=O) groups is 2. The molecule has 2 atom stereocenters. The SMILES string of the molecule is COc1ccccc1C(=O)Nc1ccc(OCC(=O)N2C[C@H](C)C[C@@H](C)C2)cc1. The Bertz CT molecular complexity index is 840. The molecule has 154 valence electrons. The second-order valence-electron chi connectivity index (χ2n) is 7.71. The monoisotopic (exact) mass is 396 g/mol. The Hall–Kier alpha value is -3.02. The molecule has 1 fully saturated rings. The highest BCUT2D eigenvalue weighted by molar-refractivity contribution is 6.06. The lowest BCUT2D eigenvalue weighted by molar-refractivity contribution is -0.136. The summed E-state index contributed by atoms with van der Waals surface area (Å²) in [5, 5.41) is 2.84. The first-order valence-electron chi connectivity index (χ1n) is 9.91. The predicted molar refractivity (Wildman–Crippen MR) is 112 cm³/mol. The number of rotatable bonds is 6. The van der Waals surface area contributed by atoms with E-state index in [4.69, 9.17) is 9.47 Å². The lowest BCUT2D eigenvalue weighted by atomic mass is 9.92. The lowest BCUT2D eigenvalue weighted by Crippen LogP contribution is -2.44. The minimum Gasteiger partial charge on any atom is -0.496 e. The summed E-state index contributed by atoms with van der Waals surface area (Å²) >= 11 is 0. The van der Waals surface area contributed by atoms with E-state index >= 15 is 0 Å². The number of likely N-dealkylation sites (tertiary alicyclic amines) is 1. The van der Waals surface area contributed by atoms with Gasteiger partial charge in [-0.2, -0.15) is 0 Å². The van der Waals surface area contributed by atoms with Gasteiger partial charge in [-0.1, -0.05) is 26.0 Å². The number of methoxy groups -OCH3 is 1. The van der Waals surface area contributed by atoms with E-state index in [1.54, 1.807) is 42.5 Å². The van der Waals surface area contributed by atoms with Gasteiger partial charge in [0, 0.05) is 18.8 Å². The van der Waals surface area contributed by atoms with Crippen LogP contribution in [0.25, 0.3) is 0 Å². The largest absolute Gasteiger partial charge is 0.496 e. The van der Waals surface area contributed by atoms with Gasteiger partial charge in [0.2, 0.25) is 0 Å². The molecule has 2 aromatic carbocycles. The van der Waals surface area contributed by atoms with E-state index < -0.39 is 0 Å². The molecule has 0 saturated carbocycles. The average Bonchev–Trinajstić information content (AvgIpc) is 2.72. The molecule has 1 N–H and O–H groups in total. The van der Waals surface area contributed by atoms with Crippen LogP contribution in [-0.2, 0) is 4.79 Å². The number of para-hydroxylation sites is 1. The van der Waals surface area contributed by atoms with E-state index in [-0.39, 0.29) is 18.4 Å². The topological polar surface area (TPSA) is 67.9 Å². The third-order valence-electron chi connectivity index (χ3n) is 5.05. The number of piperidine rings is 1. The van der Waals surface area contributed by atoms with Crippen molar-refractivity contribution in [3.05, 3.63) is 54.1 Å². The van der Waals surface area contributed by atoms with E-state index in [2.05, 4.69) is 19.2 Å². The molecule has 1 aliphatic rings. The zero-order valence-corrected chi connectivity index (χ0v) is 17.2. The summed E-state index contributed by atoms with van der Waals surface area (Å²) in [6.45, 7) is 5.96. The van der Waals surface area contributed by atoms with Gasteiger partial charge in [0.25, 0.3) is 11.8 Å². The van der Waals surface area contributed by atoms with Crippen LogP contribution in [0.3, 0.4) is 0 Å². The molecular weight excluding hydrogens is 368 g/mol. The third kappa shape index (κ3) is 5.50. The van der Waals surface area contributed by atoms with Gasteiger partial charge >= 0.3 is 0 Å². The smallest absolute Gasteiger partial charge is 0.260 e. The van der Waals surface area contributed by atoms with Crippen molar-refractivity contribution in [2.24, 2.45) is 11.8 Å². The van der Waals surface area contributed by atoms with Crippen LogP contribution < -0.4 is 14.8 Å². The lowest BCUT2D eigenvalue weighted by Gasteiger charge is -2.34. The van der Waals surface area contributed by atoms with E-state index in [1.165, 1.54) is 7.11 Å². The second kappa shape index (κ2) is 9.45. The fraction of sp³-hybridized carbons (Fsp3) is 0.391. The van der Waals surface area contributed by atoms with Crippen molar-refractivity contribution in [2.45, 2.75) is 20.3 Å². The zero-order valence-electron chi connectivity index (χ0n) is 17.2. The molecule has 1 aliphatic heterocycles. The zero-order chi connectivity index (χ0) is 20.8.